The minimum Gasteiger partial charge on any atom is -0.492 e. The number of nitrogens with one attached hydrogen (secondary N) is 2. The number of nitrogens with zero attached hydrogens (tertiary/aromatic N) is 1. The molecule has 2 aromatic carbocycles. The maximum absolute atomic E-state index is 5.79. The van der Waals surface area contributed by atoms with Crippen LogP contribution in [0.15, 0.2) is 47.5 Å². The van der Waals surface area contributed by atoms with Crippen LogP contribution in [0.3, 0.4) is 0 Å². The third-order valence-corrected chi connectivity index (χ3v) is 5.94. The maximum Gasteiger partial charge on any atom is 0.231 e. The van der Waals surface area contributed by atoms with Crippen LogP contribution in [0.1, 0.15) is 24.0 Å². The first-order chi connectivity index (χ1) is 15.2. The van der Waals surface area contributed by atoms with Crippen molar-refractivity contribution in [2.45, 2.75) is 25.2 Å². The topological polar surface area (TPSA) is 73.3 Å². The van der Waals surface area contributed by atoms with E-state index in [0.29, 0.717) is 13.2 Å². The van der Waals surface area contributed by atoms with Gasteiger partial charge in [-0.2, -0.15) is 0 Å². The molecule has 2 heterocycles. The molecule has 8 heteroatoms. The smallest absolute Gasteiger partial charge is 0.231 e. The van der Waals surface area contributed by atoms with Crippen LogP contribution in [0.2, 0.25) is 0 Å². The second kappa shape index (κ2) is 11.6. The lowest BCUT2D eigenvalue weighted by Crippen LogP contribution is -2.48. The normalized spacial score (nSPS) is 16.8. The first kappa shape index (κ1) is 24.4. The van der Waals surface area contributed by atoms with E-state index < -0.39 is 0 Å². The van der Waals surface area contributed by atoms with E-state index in [1.54, 1.807) is 7.05 Å². The van der Waals surface area contributed by atoms with Crippen molar-refractivity contribution >= 4 is 29.9 Å². The highest BCUT2D eigenvalue weighted by molar-refractivity contribution is 14.0. The van der Waals surface area contributed by atoms with Crippen molar-refractivity contribution in [2.75, 3.05) is 46.8 Å². The molecule has 0 unspecified atom stereocenters. The molecular weight excluding hydrogens is 521 g/mol. The van der Waals surface area contributed by atoms with Crippen LogP contribution in [-0.2, 0) is 10.2 Å². The highest BCUT2D eigenvalue weighted by atomic mass is 127. The molecule has 2 aliphatic rings. The number of aryl methyl sites for hydroxylation is 1. The van der Waals surface area contributed by atoms with Crippen molar-refractivity contribution in [3.8, 4) is 17.2 Å². The number of aliphatic imine (C=N–C) groups is 1. The van der Waals surface area contributed by atoms with E-state index in [1.165, 1.54) is 11.1 Å². The van der Waals surface area contributed by atoms with Crippen LogP contribution in [-0.4, -0.2) is 52.7 Å². The van der Waals surface area contributed by atoms with Gasteiger partial charge in [0.2, 0.25) is 6.79 Å². The summed E-state index contributed by atoms with van der Waals surface area (Å²) in [7, 11) is 1.79. The number of benzene rings is 2. The fraction of sp³-hybridized carbons (Fsp3) is 0.458. The van der Waals surface area contributed by atoms with E-state index >= 15 is 0 Å². The molecule has 0 radical (unpaired) electrons. The Balaban J connectivity index is 0.00000289. The van der Waals surface area contributed by atoms with Crippen LogP contribution in [0.4, 0.5) is 0 Å². The molecule has 2 N–H and O–H groups in total. The molecule has 0 amide bonds. The fourth-order valence-corrected chi connectivity index (χ4v) is 4.00. The lowest BCUT2D eigenvalue weighted by atomic mass is 9.74. The molecule has 4 rings (SSSR count). The van der Waals surface area contributed by atoms with Gasteiger partial charge in [-0.1, -0.05) is 23.8 Å². The highest BCUT2D eigenvalue weighted by Crippen LogP contribution is 2.40. The van der Waals surface area contributed by atoms with Crippen molar-refractivity contribution in [3.05, 3.63) is 53.6 Å². The summed E-state index contributed by atoms with van der Waals surface area (Å²) in [5, 5.41) is 6.85. The lowest BCUT2D eigenvalue weighted by Gasteiger charge is -2.38. The van der Waals surface area contributed by atoms with Gasteiger partial charge in [0.25, 0.3) is 0 Å². The summed E-state index contributed by atoms with van der Waals surface area (Å²) in [6.45, 7) is 5.82. The zero-order valence-electron chi connectivity index (χ0n) is 18.7. The Labute approximate surface area is 206 Å². The van der Waals surface area contributed by atoms with Gasteiger partial charge in [0.05, 0.1) is 6.54 Å². The standard InChI is InChI=1S/C24H31N3O4.HI/c1-18-3-6-20(7-4-18)29-14-11-26-23(25-2)27-16-24(9-12-28-13-10-24)19-5-8-21-22(15-19)31-17-30-21;/h3-8,15H,9-14,16-17H2,1-2H3,(H2,25,26,27);1H. The molecule has 0 aliphatic carbocycles. The molecule has 0 saturated carbocycles. The van der Waals surface area contributed by atoms with Crippen LogP contribution >= 0.6 is 24.0 Å². The Morgan fingerprint density at radius 3 is 2.53 bits per heavy atom. The molecule has 1 fully saturated rings. The van der Waals surface area contributed by atoms with E-state index in [0.717, 1.165) is 55.8 Å². The summed E-state index contributed by atoms with van der Waals surface area (Å²) in [6, 6.07) is 14.3. The number of fused-ring (bicyclic) bond motifs is 1. The molecular formula is C24H32IN3O4. The van der Waals surface area contributed by atoms with Crippen molar-refractivity contribution < 1.29 is 18.9 Å². The van der Waals surface area contributed by atoms with E-state index in [2.05, 4.69) is 34.7 Å². The Kier molecular flexibility index (Phi) is 8.86. The Hall–Kier alpha value is -2.20. The van der Waals surface area contributed by atoms with E-state index in [1.807, 2.05) is 30.3 Å². The largest absolute Gasteiger partial charge is 0.492 e. The molecule has 2 aromatic rings. The van der Waals surface area contributed by atoms with Gasteiger partial charge in [-0.05, 0) is 49.6 Å². The molecule has 0 spiro atoms. The monoisotopic (exact) mass is 553 g/mol. The summed E-state index contributed by atoms with van der Waals surface area (Å²) in [6.07, 6.45) is 1.88. The lowest BCUT2D eigenvalue weighted by molar-refractivity contribution is 0.0513. The fourth-order valence-electron chi connectivity index (χ4n) is 4.00. The third-order valence-electron chi connectivity index (χ3n) is 5.94. The minimum absolute atomic E-state index is 0. The summed E-state index contributed by atoms with van der Waals surface area (Å²) in [4.78, 5) is 4.37. The zero-order chi connectivity index (χ0) is 21.5. The predicted molar refractivity (Wildman–Crippen MR) is 136 cm³/mol. The number of rotatable bonds is 7. The van der Waals surface area contributed by atoms with Crippen LogP contribution in [0, 0.1) is 6.92 Å². The van der Waals surface area contributed by atoms with Crippen LogP contribution in [0.5, 0.6) is 17.2 Å². The quantitative estimate of drug-likeness (QED) is 0.236. The average Bonchev–Trinajstić information content (AvgIpc) is 3.28. The number of hydrogen-bond acceptors (Lipinski definition) is 5. The van der Waals surface area contributed by atoms with Crippen LogP contribution < -0.4 is 24.8 Å². The Bertz CT molecular complexity index is 899. The second-order valence-electron chi connectivity index (χ2n) is 7.97. The SMILES string of the molecule is CN=C(NCCOc1ccc(C)cc1)NCC1(c2ccc3c(c2)OCO3)CCOCC1.I. The van der Waals surface area contributed by atoms with Gasteiger partial charge in [-0.15, -0.1) is 24.0 Å². The predicted octanol–water partition coefficient (Wildman–Crippen LogP) is 3.63. The van der Waals surface area contributed by atoms with Gasteiger partial charge in [0, 0.05) is 32.2 Å². The molecule has 2 aliphatic heterocycles. The number of guanidine groups is 1. The maximum atomic E-state index is 5.79. The Morgan fingerprint density at radius 1 is 1.03 bits per heavy atom. The third kappa shape index (κ3) is 5.98. The van der Waals surface area contributed by atoms with Gasteiger partial charge >= 0.3 is 0 Å². The van der Waals surface area contributed by atoms with Gasteiger partial charge in [0.1, 0.15) is 12.4 Å². The second-order valence-corrected chi connectivity index (χ2v) is 7.97. The summed E-state index contributed by atoms with van der Waals surface area (Å²) in [5.41, 5.74) is 2.42. The molecule has 32 heavy (non-hydrogen) atoms. The first-order valence-corrected chi connectivity index (χ1v) is 10.8. The average molecular weight is 553 g/mol. The minimum atomic E-state index is -0.0464. The number of hydrogen-bond donors (Lipinski definition) is 2. The molecule has 1 saturated heterocycles. The summed E-state index contributed by atoms with van der Waals surface area (Å²) in [5.74, 6) is 3.27. The summed E-state index contributed by atoms with van der Waals surface area (Å²) >= 11 is 0. The molecule has 0 aromatic heterocycles. The number of ether oxygens (including phenoxy) is 4. The van der Waals surface area contributed by atoms with Crippen LogP contribution in [0.25, 0.3) is 0 Å². The van der Waals surface area contributed by atoms with E-state index in [-0.39, 0.29) is 36.2 Å². The van der Waals surface area contributed by atoms with Crippen molar-refractivity contribution in [1.29, 1.82) is 0 Å². The highest BCUT2D eigenvalue weighted by Gasteiger charge is 2.35. The molecule has 174 valence electrons. The molecule has 7 nitrogen and oxygen atoms in total. The number of halogens is 1. The van der Waals surface area contributed by atoms with Crippen molar-refractivity contribution in [3.63, 3.8) is 0 Å². The Morgan fingerprint density at radius 2 is 1.78 bits per heavy atom. The van der Waals surface area contributed by atoms with Gasteiger partial charge in [-0.25, -0.2) is 0 Å². The molecule has 0 atom stereocenters. The first-order valence-electron chi connectivity index (χ1n) is 10.8. The van der Waals surface area contributed by atoms with E-state index in [9.17, 15) is 0 Å². The zero-order valence-corrected chi connectivity index (χ0v) is 21.0. The molecule has 0 bridgehead atoms. The van der Waals surface area contributed by atoms with Gasteiger partial charge in [0.15, 0.2) is 17.5 Å². The van der Waals surface area contributed by atoms with Gasteiger partial charge in [-0.3, -0.25) is 4.99 Å². The van der Waals surface area contributed by atoms with E-state index in [4.69, 9.17) is 18.9 Å². The van der Waals surface area contributed by atoms with Crippen molar-refractivity contribution in [2.24, 2.45) is 4.99 Å². The van der Waals surface area contributed by atoms with Crippen molar-refractivity contribution in [1.82, 2.24) is 10.6 Å². The summed E-state index contributed by atoms with van der Waals surface area (Å²) < 4.78 is 22.5. The van der Waals surface area contributed by atoms with Gasteiger partial charge < -0.3 is 29.6 Å².